The quantitative estimate of drug-likeness (QED) is 0.269. The SMILES string of the molecule is Cc1nnn(C)c1-c1cnc2c3cc(F)c(C(C)(O)C4CC4)cc3n(C(c3ccccc3F)C3CCOCC3)c2c1. The van der Waals surface area contributed by atoms with Crippen LogP contribution in [-0.2, 0) is 17.4 Å². The van der Waals surface area contributed by atoms with Crippen LogP contribution in [0.25, 0.3) is 33.2 Å². The fourth-order valence-electron chi connectivity index (χ4n) is 6.81. The van der Waals surface area contributed by atoms with Crippen molar-refractivity contribution in [2.45, 2.75) is 51.2 Å². The molecule has 1 aliphatic carbocycles. The van der Waals surface area contributed by atoms with Crippen molar-refractivity contribution in [1.82, 2.24) is 24.5 Å². The molecule has 212 valence electrons. The first-order valence-electron chi connectivity index (χ1n) is 14.3. The normalized spacial score (nSPS) is 18.7. The predicted octanol–water partition coefficient (Wildman–Crippen LogP) is 6.21. The molecule has 1 N–H and O–H groups in total. The average molecular weight is 558 g/mol. The van der Waals surface area contributed by atoms with E-state index in [0.29, 0.717) is 29.7 Å². The van der Waals surface area contributed by atoms with Crippen molar-refractivity contribution in [3.8, 4) is 11.3 Å². The first-order chi connectivity index (χ1) is 19.8. The van der Waals surface area contributed by atoms with E-state index >= 15 is 8.78 Å². The second-order valence-corrected chi connectivity index (χ2v) is 11.8. The number of aliphatic hydroxyl groups is 1. The lowest BCUT2D eigenvalue weighted by molar-refractivity contribution is 0.0296. The lowest BCUT2D eigenvalue weighted by Crippen LogP contribution is -2.28. The van der Waals surface area contributed by atoms with E-state index in [-0.39, 0.29) is 23.2 Å². The average Bonchev–Trinajstić information content (AvgIpc) is 3.72. The smallest absolute Gasteiger partial charge is 0.130 e. The van der Waals surface area contributed by atoms with Gasteiger partial charge < -0.3 is 14.4 Å². The Hall–Kier alpha value is -3.69. The fraction of sp³-hybridized carbons (Fsp3) is 0.406. The Labute approximate surface area is 236 Å². The van der Waals surface area contributed by atoms with Gasteiger partial charge in [0.05, 0.1) is 39.6 Å². The van der Waals surface area contributed by atoms with Gasteiger partial charge in [-0.05, 0) is 75.6 Å². The lowest BCUT2D eigenvalue weighted by atomic mass is 9.86. The van der Waals surface area contributed by atoms with Crippen LogP contribution in [-0.4, -0.2) is 42.9 Å². The first kappa shape index (κ1) is 26.2. The molecule has 2 atom stereocenters. The van der Waals surface area contributed by atoms with Crippen LogP contribution in [0.1, 0.15) is 55.5 Å². The molecule has 0 spiro atoms. The Morgan fingerprint density at radius 2 is 1.78 bits per heavy atom. The van der Waals surface area contributed by atoms with Crippen LogP contribution in [0.3, 0.4) is 0 Å². The Morgan fingerprint density at radius 3 is 2.46 bits per heavy atom. The highest BCUT2D eigenvalue weighted by atomic mass is 19.1. The largest absolute Gasteiger partial charge is 0.385 e. The number of halogens is 2. The van der Waals surface area contributed by atoms with Crippen molar-refractivity contribution in [2.75, 3.05) is 13.2 Å². The van der Waals surface area contributed by atoms with Gasteiger partial charge >= 0.3 is 0 Å². The van der Waals surface area contributed by atoms with Crippen LogP contribution in [0.5, 0.6) is 0 Å². The van der Waals surface area contributed by atoms with E-state index in [1.54, 1.807) is 29.9 Å². The van der Waals surface area contributed by atoms with Gasteiger partial charge in [-0.25, -0.2) is 13.5 Å². The summed E-state index contributed by atoms with van der Waals surface area (Å²) in [7, 11) is 1.83. The highest BCUT2D eigenvalue weighted by Gasteiger charge is 2.43. The third-order valence-corrected chi connectivity index (χ3v) is 9.13. The maximum absolute atomic E-state index is 15.8. The standard InChI is InChI=1S/C32H33F2N5O2/c1-18-30(38(3)37-36-18)20-14-28-29(35-17-20)23-15-26(34)24(32(2,40)21-8-9-21)16-27(23)39(28)31(19-10-12-41-13-11-19)22-6-4-5-7-25(22)33/h4-7,14-17,19,21,31,40H,8-13H2,1-3H3. The van der Waals surface area contributed by atoms with Gasteiger partial charge in [-0.1, -0.05) is 23.4 Å². The minimum Gasteiger partial charge on any atom is -0.385 e. The van der Waals surface area contributed by atoms with E-state index in [4.69, 9.17) is 9.72 Å². The van der Waals surface area contributed by atoms with Gasteiger partial charge in [-0.3, -0.25) is 4.98 Å². The van der Waals surface area contributed by atoms with E-state index in [9.17, 15) is 5.11 Å². The summed E-state index contributed by atoms with van der Waals surface area (Å²) in [6.07, 6.45) is 4.99. The van der Waals surface area contributed by atoms with Crippen LogP contribution in [0.15, 0.2) is 48.7 Å². The predicted molar refractivity (Wildman–Crippen MR) is 152 cm³/mol. The molecule has 1 saturated heterocycles. The van der Waals surface area contributed by atoms with E-state index in [0.717, 1.165) is 53.7 Å². The van der Waals surface area contributed by atoms with Gasteiger partial charge in [0.2, 0.25) is 0 Å². The van der Waals surface area contributed by atoms with E-state index in [1.807, 2.05) is 32.2 Å². The molecule has 1 saturated carbocycles. The number of aromatic nitrogens is 5. The van der Waals surface area contributed by atoms with E-state index in [1.165, 1.54) is 12.1 Å². The molecule has 7 nitrogen and oxygen atoms in total. The van der Waals surface area contributed by atoms with Crippen molar-refractivity contribution in [3.05, 3.63) is 77.1 Å². The molecule has 3 aromatic heterocycles. The van der Waals surface area contributed by atoms with Crippen molar-refractivity contribution in [1.29, 1.82) is 0 Å². The highest BCUT2D eigenvalue weighted by Crippen LogP contribution is 2.48. The highest BCUT2D eigenvalue weighted by molar-refractivity contribution is 6.07. The molecule has 0 amide bonds. The van der Waals surface area contributed by atoms with Crippen LogP contribution in [0, 0.1) is 30.4 Å². The van der Waals surface area contributed by atoms with Gasteiger partial charge in [0.15, 0.2) is 0 Å². The van der Waals surface area contributed by atoms with Gasteiger partial charge in [0, 0.05) is 48.5 Å². The van der Waals surface area contributed by atoms with E-state index < -0.39 is 17.5 Å². The molecule has 2 aliphatic rings. The van der Waals surface area contributed by atoms with E-state index in [2.05, 4.69) is 14.9 Å². The zero-order valence-corrected chi connectivity index (χ0v) is 23.4. The summed E-state index contributed by atoms with van der Waals surface area (Å²) >= 11 is 0. The molecule has 4 heterocycles. The summed E-state index contributed by atoms with van der Waals surface area (Å²) in [6.45, 7) is 4.77. The Morgan fingerprint density at radius 1 is 1.02 bits per heavy atom. The number of fused-ring (bicyclic) bond motifs is 3. The lowest BCUT2D eigenvalue weighted by Gasteiger charge is -2.33. The molecule has 0 bridgehead atoms. The molecule has 0 radical (unpaired) electrons. The minimum absolute atomic E-state index is 0.00943. The number of rotatable bonds is 6. The van der Waals surface area contributed by atoms with Crippen LogP contribution in [0.4, 0.5) is 8.78 Å². The summed E-state index contributed by atoms with van der Waals surface area (Å²) < 4.78 is 41.0. The van der Waals surface area contributed by atoms with Crippen LogP contribution < -0.4 is 0 Å². The first-order valence-corrected chi connectivity index (χ1v) is 14.3. The summed E-state index contributed by atoms with van der Waals surface area (Å²) in [4.78, 5) is 4.85. The summed E-state index contributed by atoms with van der Waals surface area (Å²) in [5.41, 5.74) is 4.06. The minimum atomic E-state index is -1.30. The molecule has 41 heavy (non-hydrogen) atoms. The number of hydrogen-bond donors (Lipinski definition) is 1. The summed E-state index contributed by atoms with van der Waals surface area (Å²) in [5, 5.41) is 20.5. The number of benzene rings is 2. The molecule has 2 fully saturated rings. The molecule has 1 aliphatic heterocycles. The molecular weight excluding hydrogens is 524 g/mol. The van der Waals surface area contributed by atoms with Gasteiger partial charge in [0.25, 0.3) is 0 Å². The van der Waals surface area contributed by atoms with Gasteiger partial charge in [0.1, 0.15) is 11.6 Å². The monoisotopic (exact) mass is 557 g/mol. The Bertz CT molecular complexity index is 1760. The Kier molecular flexibility index (Phi) is 6.21. The third kappa shape index (κ3) is 4.25. The van der Waals surface area contributed by atoms with Crippen LogP contribution in [0.2, 0.25) is 0 Å². The maximum atomic E-state index is 15.8. The number of pyridine rings is 1. The maximum Gasteiger partial charge on any atom is 0.130 e. The molecular formula is C32H33F2N5O2. The Balaban J connectivity index is 1.57. The molecule has 2 unspecified atom stereocenters. The number of aryl methyl sites for hydroxylation is 2. The van der Waals surface area contributed by atoms with Gasteiger partial charge in [-0.15, -0.1) is 5.10 Å². The van der Waals surface area contributed by atoms with Crippen LogP contribution >= 0.6 is 0 Å². The third-order valence-electron chi connectivity index (χ3n) is 9.13. The van der Waals surface area contributed by atoms with Crippen molar-refractivity contribution >= 4 is 21.9 Å². The molecule has 5 aromatic rings. The second-order valence-electron chi connectivity index (χ2n) is 11.8. The number of ether oxygens (including phenoxy) is 1. The second kappa shape index (κ2) is 9.70. The molecule has 9 heteroatoms. The molecule has 7 rings (SSSR count). The van der Waals surface area contributed by atoms with Crippen molar-refractivity contribution < 1.29 is 18.6 Å². The fourth-order valence-corrected chi connectivity index (χ4v) is 6.81. The summed E-state index contributed by atoms with van der Waals surface area (Å²) in [5.74, 6) is -0.669. The number of hydrogen-bond acceptors (Lipinski definition) is 5. The zero-order chi connectivity index (χ0) is 28.5. The summed E-state index contributed by atoms with van der Waals surface area (Å²) in [6, 6.07) is 11.8. The van der Waals surface area contributed by atoms with Crippen molar-refractivity contribution in [3.63, 3.8) is 0 Å². The van der Waals surface area contributed by atoms with Gasteiger partial charge in [-0.2, -0.15) is 0 Å². The molecule has 2 aromatic carbocycles. The topological polar surface area (TPSA) is 78.0 Å². The zero-order valence-electron chi connectivity index (χ0n) is 23.4. The van der Waals surface area contributed by atoms with Crippen molar-refractivity contribution in [2.24, 2.45) is 18.9 Å². The number of nitrogens with zero attached hydrogens (tertiary/aromatic N) is 5.